The lowest BCUT2D eigenvalue weighted by Crippen LogP contribution is -2.02. The van der Waals surface area contributed by atoms with Gasteiger partial charge >= 0.3 is 5.97 Å². The standard InChI is InChI=1S/C14H12FNO3/c1-8-2-4-11(15)13(6-8)19-9-3-5-12(16)10(7-9)14(17)18/h2-7H,16H2,1H3,(H,17,18). The van der Waals surface area contributed by atoms with Gasteiger partial charge in [-0.15, -0.1) is 0 Å². The molecule has 4 nitrogen and oxygen atoms in total. The van der Waals surface area contributed by atoms with E-state index in [1.165, 1.54) is 30.3 Å². The van der Waals surface area contributed by atoms with Crippen molar-refractivity contribution in [2.75, 3.05) is 5.73 Å². The summed E-state index contributed by atoms with van der Waals surface area (Å²) in [4.78, 5) is 10.9. The van der Waals surface area contributed by atoms with Gasteiger partial charge in [0.2, 0.25) is 0 Å². The first-order valence-corrected chi connectivity index (χ1v) is 5.54. The van der Waals surface area contributed by atoms with Gasteiger partial charge in [-0.1, -0.05) is 6.07 Å². The van der Waals surface area contributed by atoms with Crippen LogP contribution in [0.1, 0.15) is 15.9 Å². The number of carboxylic acid groups (broad SMARTS) is 1. The van der Waals surface area contributed by atoms with Gasteiger partial charge in [0.1, 0.15) is 5.75 Å². The first-order chi connectivity index (χ1) is 8.97. The van der Waals surface area contributed by atoms with Crippen molar-refractivity contribution in [3.63, 3.8) is 0 Å². The molecule has 3 N–H and O–H groups in total. The lowest BCUT2D eigenvalue weighted by molar-refractivity contribution is 0.0697. The first-order valence-electron chi connectivity index (χ1n) is 5.54. The number of carboxylic acids is 1. The second-order valence-corrected chi connectivity index (χ2v) is 4.09. The van der Waals surface area contributed by atoms with Crippen LogP contribution in [0.4, 0.5) is 10.1 Å². The quantitative estimate of drug-likeness (QED) is 0.832. The highest BCUT2D eigenvalue weighted by atomic mass is 19.1. The highest BCUT2D eigenvalue weighted by Crippen LogP contribution is 2.27. The Morgan fingerprint density at radius 2 is 2.00 bits per heavy atom. The Morgan fingerprint density at radius 1 is 1.26 bits per heavy atom. The fourth-order valence-electron chi connectivity index (χ4n) is 1.60. The molecule has 2 rings (SSSR count). The lowest BCUT2D eigenvalue weighted by atomic mass is 10.1. The molecule has 0 unspecified atom stereocenters. The summed E-state index contributed by atoms with van der Waals surface area (Å²) in [6.45, 7) is 1.80. The van der Waals surface area contributed by atoms with E-state index in [1.54, 1.807) is 13.0 Å². The molecule has 0 radical (unpaired) electrons. The highest BCUT2D eigenvalue weighted by molar-refractivity contribution is 5.94. The number of rotatable bonds is 3. The van der Waals surface area contributed by atoms with E-state index in [1.807, 2.05) is 0 Å². The molecule has 19 heavy (non-hydrogen) atoms. The highest BCUT2D eigenvalue weighted by Gasteiger charge is 2.11. The molecular weight excluding hydrogens is 249 g/mol. The summed E-state index contributed by atoms with van der Waals surface area (Å²) in [5.74, 6) is -1.41. The molecular formula is C14H12FNO3. The van der Waals surface area contributed by atoms with Gasteiger partial charge in [-0.3, -0.25) is 0 Å². The van der Waals surface area contributed by atoms with Crippen LogP contribution in [-0.4, -0.2) is 11.1 Å². The van der Waals surface area contributed by atoms with Gasteiger partial charge in [0, 0.05) is 5.69 Å². The number of carbonyl (C=O) groups is 1. The van der Waals surface area contributed by atoms with Crippen molar-refractivity contribution >= 4 is 11.7 Å². The minimum atomic E-state index is -1.16. The number of anilines is 1. The van der Waals surface area contributed by atoms with E-state index < -0.39 is 11.8 Å². The third-order valence-electron chi connectivity index (χ3n) is 2.57. The van der Waals surface area contributed by atoms with Crippen LogP contribution in [0.2, 0.25) is 0 Å². The zero-order valence-electron chi connectivity index (χ0n) is 10.2. The number of benzene rings is 2. The Labute approximate surface area is 109 Å². The van der Waals surface area contributed by atoms with Gasteiger partial charge in [0.25, 0.3) is 0 Å². The molecule has 0 saturated heterocycles. The van der Waals surface area contributed by atoms with Crippen LogP contribution in [0.3, 0.4) is 0 Å². The van der Waals surface area contributed by atoms with Crippen LogP contribution in [0.5, 0.6) is 11.5 Å². The van der Waals surface area contributed by atoms with E-state index >= 15 is 0 Å². The maximum Gasteiger partial charge on any atom is 0.337 e. The summed E-state index contributed by atoms with van der Waals surface area (Å²) >= 11 is 0. The third kappa shape index (κ3) is 2.82. The fraction of sp³-hybridized carbons (Fsp3) is 0.0714. The Bertz CT molecular complexity index is 641. The van der Waals surface area contributed by atoms with Crippen LogP contribution in [0, 0.1) is 12.7 Å². The van der Waals surface area contributed by atoms with E-state index in [-0.39, 0.29) is 22.7 Å². The molecule has 2 aromatic carbocycles. The molecule has 5 heteroatoms. The maximum atomic E-state index is 13.5. The number of hydrogen-bond acceptors (Lipinski definition) is 3. The van der Waals surface area contributed by atoms with Gasteiger partial charge in [-0.05, 0) is 42.8 Å². The average molecular weight is 261 g/mol. The molecule has 0 atom stereocenters. The van der Waals surface area contributed by atoms with E-state index in [4.69, 9.17) is 15.6 Å². The fourth-order valence-corrected chi connectivity index (χ4v) is 1.60. The van der Waals surface area contributed by atoms with E-state index in [0.717, 1.165) is 5.56 Å². The van der Waals surface area contributed by atoms with E-state index in [9.17, 15) is 9.18 Å². The molecule has 98 valence electrons. The summed E-state index contributed by atoms with van der Waals surface area (Å²) in [5.41, 5.74) is 6.42. The predicted molar refractivity (Wildman–Crippen MR) is 69.0 cm³/mol. The number of ether oxygens (including phenoxy) is 1. The van der Waals surface area contributed by atoms with Crippen LogP contribution >= 0.6 is 0 Å². The Balaban J connectivity index is 2.36. The first kappa shape index (κ1) is 12.9. The topological polar surface area (TPSA) is 72.5 Å². The van der Waals surface area contributed by atoms with Crippen molar-refractivity contribution < 1.29 is 19.0 Å². The van der Waals surface area contributed by atoms with Crippen molar-refractivity contribution in [1.29, 1.82) is 0 Å². The maximum absolute atomic E-state index is 13.5. The van der Waals surface area contributed by atoms with Crippen LogP contribution < -0.4 is 10.5 Å². The molecule has 0 bridgehead atoms. The summed E-state index contributed by atoms with van der Waals surface area (Å²) in [6, 6.07) is 8.61. The average Bonchev–Trinajstić information content (AvgIpc) is 2.36. The van der Waals surface area contributed by atoms with Crippen molar-refractivity contribution in [2.24, 2.45) is 0 Å². The number of halogens is 1. The number of hydrogen-bond donors (Lipinski definition) is 2. The summed E-state index contributed by atoms with van der Waals surface area (Å²) in [6.07, 6.45) is 0. The molecule has 0 fully saturated rings. The van der Waals surface area contributed by atoms with Crippen molar-refractivity contribution in [1.82, 2.24) is 0 Å². The number of aryl methyl sites for hydroxylation is 1. The third-order valence-corrected chi connectivity index (χ3v) is 2.57. The smallest absolute Gasteiger partial charge is 0.337 e. The molecule has 0 saturated carbocycles. The molecule has 0 heterocycles. The van der Waals surface area contributed by atoms with Gasteiger partial charge < -0.3 is 15.6 Å². The lowest BCUT2D eigenvalue weighted by Gasteiger charge is -2.09. The summed E-state index contributed by atoms with van der Waals surface area (Å²) < 4.78 is 18.9. The summed E-state index contributed by atoms with van der Waals surface area (Å²) in [7, 11) is 0. The second-order valence-electron chi connectivity index (χ2n) is 4.09. The van der Waals surface area contributed by atoms with Crippen molar-refractivity contribution in [3.05, 3.63) is 53.3 Å². The Morgan fingerprint density at radius 3 is 2.68 bits per heavy atom. The number of aromatic carboxylic acids is 1. The molecule has 2 aromatic rings. The summed E-state index contributed by atoms with van der Waals surface area (Å²) in [5, 5.41) is 8.95. The molecule has 0 aliphatic carbocycles. The van der Waals surface area contributed by atoms with Crippen molar-refractivity contribution in [2.45, 2.75) is 6.92 Å². The molecule has 0 aliphatic heterocycles. The van der Waals surface area contributed by atoms with Gasteiger partial charge in [0.15, 0.2) is 11.6 Å². The zero-order chi connectivity index (χ0) is 14.0. The molecule has 0 spiro atoms. The molecule has 0 aliphatic rings. The number of nitrogen functional groups attached to an aromatic ring is 1. The molecule has 0 aromatic heterocycles. The van der Waals surface area contributed by atoms with E-state index in [0.29, 0.717) is 0 Å². The minimum Gasteiger partial charge on any atom is -0.478 e. The minimum absolute atomic E-state index is 0.0427. The van der Waals surface area contributed by atoms with Crippen molar-refractivity contribution in [3.8, 4) is 11.5 Å². The van der Waals surface area contributed by atoms with Crippen LogP contribution in [0.15, 0.2) is 36.4 Å². The zero-order valence-corrected chi connectivity index (χ0v) is 10.2. The van der Waals surface area contributed by atoms with Gasteiger partial charge in [-0.25, -0.2) is 9.18 Å². The molecule has 0 amide bonds. The monoisotopic (exact) mass is 261 g/mol. The van der Waals surface area contributed by atoms with Gasteiger partial charge in [0.05, 0.1) is 5.56 Å². The number of nitrogens with two attached hydrogens (primary N) is 1. The van der Waals surface area contributed by atoms with Gasteiger partial charge in [-0.2, -0.15) is 0 Å². The van der Waals surface area contributed by atoms with Crippen LogP contribution in [-0.2, 0) is 0 Å². The van der Waals surface area contributed by atoms with Crippen LogP contribution in [0.25, 0.3) is 0 Å². The predicted octanol–water partition coefficient (Wildman–Crippen LogP) is 3.21. The largest absolute Gasteiger partial charge is 0.478 e. The normalized spacial score (nSPS) is 10.2. The van der Waals surface area contributed by atoms with E-state index in [2.05, 4.69) is 0 Å². The second kappa shape index (κ2) is 4.97. The Kier molecular flexibility index (Phi) is 3.37. The Hall–Kier alpha value is -2.56. The SMILES string of the molecule is Cc1ccc(F)c(Oc2ccc(N)c(C(=O)O)c2)c1.